The lowest BCUT2D eigenvalue weighted by Crippen LogP contribution is -2.38. The van der Waals surface area contributed by atoms with Crippen molar-refractivity contribution in [2.24, 2.45) is 4.99 Å². The van der Waals surface area contributed by atoms with Gasteiger partial charge < -0.3 is 14.4 Å². The number of anilines is 1. The third kappa shape index (κ3) is 4.04. The van der Waals surface area contributed by atoms with Crippen LogP contribution in [-0.4, -0.2) is 31.0 Å². The zero-order valence-corrected chi connectivity index (χ0v) is 16.7. The highest BCUT2D eigenvalue weighted by molar-refractivity contribution is 6.32. The summed E-state index contributed by atoms with van der Waals surface area (Å²) in [7, 11) is 1.59. The first-order valence-electron chi connectivity index (χ1n) is 9.17. The summed E-state index contributed by atoms with van der Waals surface area (Å²) in [6.45, 7) is 0. The topological polar surface area (TPSA) is 68.2 Å². The van der Waals surface area contributed by atoms with E-state index in [0.717, 1.165) is 5.56 Å². The number of carbonyl (C=O) groups is 2. The fraction of sp³-hybridized carbons (Fsp3) is 0.0870. The summed E-state index contributed by atoms with van der Waals surface area (Å²) in [6.07, 6.45) is -2.43. The molecule has 150 valence electrons. The van der Waals surface area contributed by atoms with E-state index in [2.05, 4.69) is 4.99 Å². The van der Waals surface area contributed by atoms with Gasteiger partial charge in [-0.2, -0.15) is 0 Å². The van der Waals surface area contributed by atoms with Crippen molar-refractivity contribution in [1.29, 1.82) is 0 Å². The number of benzene rings is 3. The smallest absolute Gasteiger partial charge is 0.398 e. The summed E-state index contributed by atoms with van der Waals surface area (Å²) in [5, 5.41) is 0.501. The molecule has 0 aliphatic carbocycles. The van der Waals surface area contributed by atoms with Crippen molar-refractivity contribution in [3.63, 3.8) is 0 Å². The van der Waals surface area contributed by atoms with Crippen LogP contribution < -0.4 is 9.64 Å². The van der Waals surface area contributed by atoms with Crippen LogP contribution in [-0.2, 0) is 9.53 Å². The van der Waals surface area contributed by atoms with Gasteiger partial charge >= 0.3 is 6.16 Å². The number of rotatable bonds is 3. The van der Waals surface area contributed by atoms with E-state index in [4.69, 9.17) is 21.1 Å². The number of para-hydroxylation sites is 1. The van der Waals surface area contributed by atoms with E-state index in [-0.39, 0.29) is 0 Å². The molecule has 1 unspecified atom stereocenters. The number of hydrogen-bond acceptors (Lipinski definition) is 5. The summed E-state index contributed by atoms with van der Waals surface area (Å²) in [5.41, 5.74) is 2.51. The van der Waals surface area contributed by atoms with Gasteiger partial charge in [0.1, 0.15) is 5.75 Å². The minimum absolute atomic E-state index is 0.305. The van der Waals surface area contributed by atoms with Crippen molar-refractivity contribution in [3.8, 4) is 5.75 Å². The Labute approximate surface area is 178 Å². The molecule has 1 aliphatic heterocycles. The highest BCUT2D eigenvalue weighted by atomic mass is 35.5. The third-order valence-corrected chi connectivity index (χ3v) is 4.80. The molecule has 30 heavy (non-hydrogen) atoms. The monoisotopic (exact) mass is 420 g/mol. The van der Waals surface area contributed by atoms with E-state index in [1.807, 2.05) is 30.3 Å². The minimum atomic E-state index is -1.41. The van der Waals surface area contributed by atoms with E-state index >= 15 is 0 Å². The zero-order chi connectivity index (χ0) is 21.1. The first kappa shape index (κ1) is 19.7. The van der Waals surface area contributed by atoms with Gasteiger partial charge in [-0.05, 0) is 30.3 Å². The molecule has 6 nitrogen and oxygen atoms in total. The number of benzodiazepines with no additional fused rings is 1. The molecule has 0 saturated heterocycles. The number of likely N-dealkylation sites (N-methyl/N-ethyl adjacent to an activating group) is 1. The van der Waals surface area contributed by atoms with Crippen LogP contribution in [0.5, 0.6) is 5.75 Å². The lowest BCUT2D eigenvalue weighted by Gasteiger charge is -2.20. The molecule has 0 bridgehead atoms. The Morgan fingerprint density at radius 1 is 1.00 bits per heavy atom. The fourth-order valence-electron chi connectivity index (χ4n) is 3.12. The first-order valence-corrected chi connectivity index (χ1v) is 9.55. The molecule has 0 saturated carbocycles. The van der Waals surface area contributed by atoms with Crippen LogP contribution in [0.15, 0.2) is 83.9 Å². The van der Waals surface area contributed by atoms with Crippen molar-refractivity contribution in [3.05, 3.63) is 95.0 Å². The van der Waals surface area contributed by atoms with Crippen molar-refractivity contribution in [2.45, 2.75) is 6.23 Å². The highest BCUT2D eigenvalue weighted by Gasteiger charge is 2.33. The van der Waals surface area contributed by atoms with Gasteiger partial charge in [-0.3, -0.25) is 4.79 Å². The average Bonchev–Trinajstić information content (AvgIpc) is 2.85. The molecule has 0 radical (unpaired) electrons. The summed E-state index contributed by atoms with van der Waals surface area (Å²) in [4.78, 5) is 31.2. The van der Waals surface area contributed by atoms with Gasteiger partial charge in [0.15, 0.2) is 0 Å². The molecular weight excluding hydrogens is 404 g/mol. The van der Waals surface area contributed by atoms with Crippen LogP contribution in [0.4, 0.5) is 10.5 Å². The van der Waals surface area contributed by atoms with Crippen molar-refractivity contribution in [2.75, 3.05) is 11.9 Å². The molecule has 3 aromatic carbocycles. The normalized spacial score (nSPS) is 15.7. The Morgan fingerprint density at radius 2 is 1.67 bits per heavy atom. The van der Waals surface area contributed by atoms with Crippen molar-refractivity contribution >= 4 is 35.1 Å². The number of nitrogens with zero attached hydrogens (tertiary/aromatic N) is 2. The predicted octanol–water partition coefficient (Wildman–Crippen LogP) is 4.70. The summed E-state index contributed by atoms with van der Waals surface area (Å²) >= 11 is 6.21. The quantitative estimate of drug-likeness (QED) is 0.455. The van der Waals surface area contributed by atoms with Crippen LogP contribution >= 0.6 is 11.6 Å². The molecule has 3 aromatic rings. The molecule has 0 N–H and O–H groups in total. The van der Waals surface area contributed by atoms with Crippen LogP contribution in [0.3, 0.4) is 0 Å². The molecule has 1 heterocycles. The number of halogens is 1. The van der Waals surface area contributed by atoms with E-state index in [1.54, 1.807) is 55.6 Å². The van der Waals surface area contributed by atoms with Crippen molar-refractivity contribution in [1.82, 2.24) is 0 Å². The molecule has 4 rings (SSSR count). The van der Waals surface area contributed by atoms with Crippen LogP contribution in [0, 0.1) is 0 Å². The van der Waals surface area contributed by atoms with Gasteiger partial charge in [0.2, 0.25) is 0 Å². The fourth-order valence-corrected chi connectivity index (χ4v) is 3.29. The predicted molar refractivity (Wildman–Crippen MR) is 114 cm³/mol. The second-order valence-corrected chi connectivity index (χ2v) is 6.97. The number of aliphatic imine (C=N–C) groups is 1. The second kappa shape index (κ2) is 8.39. The standard InChI is InChI=1S/C23H17ClN2O4/c1-26-19-13-12-16(24)14-18(19)20(15-8-4-2-5-9-15)25-21(22(26)27)30-23(28)29-17-10-6-3-7-11-17/h2-14,21H,1H3. The Hall–Kier alpha value is -3.64. The molecular formula is C23H17ClN2O4. The molecule has 1 atom stereocenters. The highest BCUT2D eigenvalue weighted by Crippen LogP contribution is 2.30. The molecule has 0 spiro atoms. The number of ether oxygens (including phenoxy) is 2. The number of amides is 1. The van der Waals surface area contributed by atoms with E-state index in [9.17, 15) is 9.59 Å². The van der Waals surface area contributed by atoms with Crippen LogP contribution in [0.2, 0.25) is 5.02 Å². The molecule has 7 heteroatoms. The Bertz CT molecular complexity index is 1120. The van der Waals surface area contributed by atoms with Gasteiger partial charge in [0, 0.05) is 23.2 Å². The van der Waals surface area contributed by atoms with Gasteiger partial charge in [0.25, 0.3) is 12.1 Å². The lowest BCUT2D eigenvalue weighted by atomic mass is 10.0. The SMILES string of the molecule is CN1C(=O)C(OC(=O)Oc2ccccc2)N=C(c2ccccc2)c2cc(Cl)ccc21. The molecule has 0 fully saturated rings. The maximum Gasteiger partial charge on any atom is 0.516 e. The molecule has 1 aliphatic rings. The molecule has 0 aromatic heterocycles. The summed E-state index contributed by atoms with van der Waals surface area (Å²) in [5.74, 6) is -0.200. The number of hydrogen-bond donors (Lipinski definition) is 0. The zero-order valence-electron chi connectivity index (χ0n) is 16.0. The van der Waals surface area contributed by atoms with E-state index in [0.29, 0.717) is 27.7 Å². The number of fused-ring (bicyclic) bond motifs is 1. The first-order chi connectivity index (χ1) is 14.5. The lowest BCUT2D eigenvalue weighted by molar-refractivity contribution is -0.126. The largest absolute Gasteiger partial charge is 0.516 e. The summed E-state index contributed by atoms with van der Waals surface area (Å²) < 4.78 is 10.5. The summed E-state index contributed by atoms with van der Waals surface area (Å²) in [6, 6.07) is 22.9. The average molecular weight is 421 g/mol. The Morgan fingerprint density at radius 3 is 2.37 bits per heavy atom. The Kier molecular flexibility index (Phi) is 5.50. The maximum atomic E-state index is 13.0. The van der Waals surface area contributed by atoms with Crippen LogP contribution in [0.1, 0.15) is 11.1 Å². The van der Waals surface area contributed by atoms with E-state index in [1.165, 1.54) is 4.90 Å². The minimum Gasteiger partial charge on any atom is -0.398 e. The number of carbonyl (C=O) groups excluding carboxylic acids is 2. The second-order valence-electron chi connectivity index (χ2n) is 6.54. The maximum absolute atomic E-state index is 13.0. The van der Waals surface area contributed by atoms with Gasteiger partial charge in [-0.15, -0.1) is 0 Å². The third-order valence-electron chi connectivity index (χ3n) is 4.56. The molecule has 1 amide bonds. The Balaban J connectivity index is 1.73. The van der Waals surface area contributed by atoms with Gasteiger partial charge in [-0.1, -0.05) is 60.1 Å². The van der Waals surface area contributed by atoms with E-state index < -0.39 is 18.3 Å². The van der Waals surface area contributed by atoms with Crippen LogP contribution in [0.25, 0.3) is 0 Å². The van der Waals surface area contributed by atoms with Crippen molar-refractivity contribution < 1.29 is 19.1 Å². The van der Waals surface area contributed by atoms with Gasteiger partial charge in [0.05, 0.1) is 11.4 Å². The van der Waals surface area contributed by atoms with Gasteiger partial charge in [-0.25, -0.2) is 9.79 Å².